The Morgan fingerprint density at radius 3 is 2.03 bits per heavy atom. The van der Waals surface area contributed by atoms with E-state index in [0.29, 0.717) is 23.1 Å². The molecule has 2 unspecified atom stereocenters. The van der Waals surface area contributed by atoms with Crippen molar-refractivity contribution in [2.24, 2.45) is 5.92 Å². The maximum Gasteiger partial charge on any atom is 0.243 e. The number of nitrogens with zero attached hydrogens (tertiary/aromatic N) is 1. The summed E-state index contributed by atoms with van der Waals surface area (Å²) in [6.07, 6.45) is 0.564. The third-order valence-electron chi connectivity index (χ3n) is 6.69. The zero-order valence-electron chi connectivity index (χ0n) is 20.8. The summed E-state index contributed by atoms with van der Waals surface area (Å²) in [7, 11) is -3.89. The van der Waals surface area contributed by atoms with Crippen LogP contribution in [0.2, 0.25) is 0 Å². The number of benzene rings is 3. The Bertz CT molecular complexity index is 1380. The lowest BCUT2D eigenvalue weighted by atomic mass is 9.77. The molecule has 0 aliphatic carbocycles. The molecule has 0 saturated heterocycles. The second-order valence-electron chi connectivity index (χ2n) is 9.30. The molecule has 36 heavy (non-hydrogen) atoms. The third-order valence-corrected chi connectivity index (χ3v) is 8.58. The van der Waals surface area contributed by atoms with Gasteiger partial charge in [-0.05, 0) is 43.5 Å². The Morgan fingerprint density at radius 2 is 1.47 bits per heavy atom. The van der Waals surface area contributed by atoms with Gasteiger partial charge in [0.25, 0.3) is 0 Å². The molecule has 4 rings (SSSR count). The van der Waals surface area contributed by atoms with E-state index < -0.39 is 22.0 Å². The van der Waals surface area contributed by atoms with Gasteiger partial charge in [0.05, 0.1) is 10.9 Å². The topological polar surface area (TPSA) is 71.5 Å². The number of Topliss-reactive ketones (excluding diaryl/α,β-unsaturated/α-hetero) is 2. The van der Waals surface area contributed by atoms with Crippen LogP contribution in [-0.2, 0) is 14.8 Å². The summed E-state index contributed by atoms with van der Waals surface area (Å²) in [5.74, 6) is -0.812. The number of aryl methyl sites for hydroxylation is 1. The van der Waals surface area contributed by atoms with Gasteiger partial charge in [-0.15, -0.1) is 0 Å². The van der Waals surface area contributed by atoms with Crippen molar-refractivity contribution in [3.05, 3.63) is 107 Å². The summed E-state index contributed by atoms with van der Waals surface area (Å²) >= 11 is 0. The zero-order chi connectivity index (χ0) is 25.9. The van der Waals surface area contributed by atoms with Gasteiger partial charge in [0, 0.05) is 30.0 Å². The third kappa shape index (κ3) is 5.11. The molecule has 0 amide bonds. The Balaban J connectivity index is 1.97. The number of sulfonamides is 1. The minimum absolute atomic E-state index is 0.0680. The van der Waals surface area contributed by atoms with E-state index in [-0.39, 0.29) is 29.4 Å². The second kappa shape index (κ2) is 10.7. The average Bonchev–Trinajstić information content (AvgIpc) is 2.88. The molecule has 0 radical (unpaired) electrons. The number of carbonyl (C=O) groups excluding carboxylic acids is 2. The van der Waals surface area contributed by atoms with Crippen molar-refractivity contribution in [1.82, 2.24) is 4.31 Å². The van der Waals surface area contributed by atoms with Crippen molar-refractivity contribution >= 4 is 27.2 Å². The molecule has 0 aromatic heterocycles. The van der Waals surface area contributed by atoms with E-state index in [9.17, 15) is 18.0 Å². The van der Waals surface area contributed by atoms with Crippen LogP contribution in [0.1, 0.15) is 48.2 Å². The van der Waals surface area contributed by atoms with Gasteiger partial charge in [0.15, 0.2) is 5.78 Å². The molecular weight excluding hydrogens is 470 g/mol. The van der Waals surface area contributed by atoms with Gasteiger partial charge in [0.1, 0.15) is 5.78 Å². The van der Waals surface area contributed by atoms with Crippen molar-refractivity contribution in [2.75, 3.05) is 6.54 Å². The molecule has 186 valence electrons. The fraction of sp³-hybridized carbons (Fsp3) is 0.267. The summed E-state index contributed by atoms with van der Waals surface area (Å²) in [6, 6.07) is 24.7. The number of ketones is 2. The number of carbonyl (C=O) groups is 2. The molecule has 0 saturated carbocycles. The molecule has 2 atom stereocenters. The van der Waals surface area contributed by atoms with E-state index in [2.05, 4.69) is 0 Å². The maximum absolute atomic E-state index is 14.0. The van der Waals surface area contributed by atoms with E-state index in [1.165, 1.54) is 11.2 Å². The first-order valence-corrected chi connectivity index (χ1v) is 13.6. The fourth-order valence-corrected chi connectivity index (χ4v) is 6.75. The van der Waals surface area contributed by atoms with Crippen molar-refractivity contribution in [2.45, 2.75) is 44.6 Å². The lowest BCUT2D eigenvalue weighted by molar-refractivity contribution is -0.117. The van der Waals surface area contributed by atoms with Gasteiger partial charge in [-0.25, -0.2) is 8.42 Å². The molecule has 0 bridgehead atoms. The first-order chi connectivity index (χ1) is 17.2. The molecule has 0 spiro atoms. The smallest absolute Gasteiger partial charge is 0.243 e. The van der Waals surface area contributed by atoms with Crippen LogP contribution in [0.3, 0.4) is 0 Å². The minimum atomic E-state index is -3.89. The highest BCUT2D eigenvalue weighted by Gasteiger charge is 2.43. The van der Waals surface area contributed by atoms with E-state index in [1.807, 2.05) is 62.4 Å². The van der Waals surface area contributed by atoms with Crippen LogP contribution in [0, 0.1) is 12.8 Å². The van der Waals surface area contributed by atoms with Gasteiger partial charge in [-0.2, -0.15) is 4.31 Å². The van der Waals surface area contributed by atoms with Crippen molar-refractivity contribution < 1.29 is 18.0 Å². The quantitative estimate of drug-likeness (QED) is 0.371. The molecule has 3 aromatic carbocycles. The molecule has 3 aromatic rings. The molecule has 1 aliphatic rings. The Labute approximate surface area is 213 Å². The van der Waals surface area contributed by atoms with Crippen molar-refractivity contribution in [1.29, 1.82) is 0 Å². The van der Waals surface area contributed by atoms with Crippen LogP contribution in [0.4, 0.5) is 0 Å². The minimum Gasteiger partial charge on any atom is -0.300 e. The summed E-state index contributed by atoms with van der Waals surface area (Å²) in [4.78, 5) is 26.5. The molecular formula is C30H31NO4S. The molecule has 5 nitrogen and oxygen atoms in total. The van der Waals surface area contributed by atoms with Crippen molar-refractivity contribution in [3.8, 4) is 0 Å². The van der Waals surface area contributed by atoms with Gasteiger partial charge in [0.2, 0.25) is 10.0 Å². The summed E-state index contributed by atoms with van der Waals surface area (Å²) < 4.78 is 29.4. The lowest BCUT2D eigenvalue weighted by Crippen LogP contribution is -2.49. The van der Waals surface area contributed by atoms with Crippen molar-refractivity contribution in [3.63, 3.8) is 0 Å². The highest BCUT2D eigenvalue weighted by Crippen LogP contribution is 2.41. The van der Waals surface area contributed by atoms with E-state index >= 15 is 0 Å². The predicted molar refractivity (Wildman–Crippen MR) is 142 cm³/mol. The highest BCUT2D eigenvalue weighted by atomic mass is 32.2. The van der Waals surface area contributed by atoms with Crippen LogP contribution in [-0.4, -0.2) is 36.9 Å². The summed E-state index contributed by atoms with van der Waals surface area (Å²) in [5.41, 5.74) is 3.50. The van der Waals surface area contributed by atoms with Crippen LogP contribution >= 0.6 is 0 Å². The Hall–Kier alpha value is -3.35. The first kappa shape index (κ1) is 25.7. The normalized spacial score (nSPS) is 18.8. The number of rotatable bonds is 8. The van der Waals surface area contributed by atoms with Gasteiger partial charge >= 0.3 is 0 Å². The van der Waals surface area contributed by atoms with Gasteiger partial charge in [-0.1, -0.05) is 85.3 Å². The molecule has 6 heteroatoms. The molecule has 0 fully saturated rings. The summed E-state index contributed by atoms with van der Waals surface area (Å²) in [6.45, 7) is 5.39. The highest BCUT2D eigenvalue weighted by molar-refractivity contribution is 7.89. The van der Waals surface area contributed by atoms with E-state index in [1.54, 1.807) is 36.4 Å². The number of hydrogen-bond donors (Lipinski definition) is 0. The fourth-order valence-electron chi connectivity index (χ4n) is 5.03. The SMILES string of the molecule is CCC1C(c2ccccc2)=C(C(=O)c2ccccc2)C(CC(C)=O)CN1S(=O)(=O)c1ccc(C)cc1. The van der Waals surface area contributed by atoms with E-state index in [0.717, 1.165) is 11.1 Å². The van der Waals surface area contributed by atoms with Crippen LogP contribution in [0.25, 0.3) is 5.57 Å². The Kier molecular flexibility index (Phi) is 7.67. The Morgan fingerprint density at radius 1 is 0.889 bits per heavy atom. The maximum atomic E-state index is 14.0. The average molecular weight is 502 g/mol. The summed E-state index contributed by atoms with van der Waals surface area (Å²) in [5, 5.41) is 0. The standard InChI is InChI=1S/C30H31NO4S/c1-4-27-28(23-11-7-5-8-12-23)29(30(33)24-13-9-6-10-14-24)25(19-22(3)32)20-31(27)36(34,35)26-17-15-21(2)16-18-26/h5-18,25,27H,4,19-20H2,1-3H3. The number of hydrogen-bond acceptors (Lipinski definition) is 4. The molecule has 1 heterocycles. The first-order valence-electron chi connectivity index (χ1n) is 12.2. The van der Waals surface area contributed by atoms with Crippen LogP contribution in [0.5, 0.6) is 0 Å². The monoisotopic (exact) mass is 501 g/mol. The molecule has 0 N–H and O–H groups in total. The molecule has 1 aliphatic heterocycles. The lowest BCUT2D eigenvalue weighted by Gasteiger charge is -2.41. The van der Waals surface area contributed by atoms with Gasteiger partial charge < -0.3 is 4.79 Å². The second-order valence-corrected chi connectivity index (χ2v) is 11.2. The zero-order valence-corrected chi connectivity index (χ0v) is 21.7. The van der Waals surface area contributed by atoms with Crippen LogP contribution < -0.4 is 0 Å². The largest absolute Gasteiger partial charge is 0.300 e. The van der Waals surface area contributed by atoms with E-state index in [4.69, 9.17) is 0 Å². The predicted octanol–water partition coefficient (Wildman–Crippen LogP) is 5.71. The van der Waals surface area contributed by atoms with Gasteiger partial charge in [-0.3, -0.25) is 4.79 Å². The van der Waals surface area contributed by atoms with Crippen LogP contribution in [0.15, 0.2) is 95.4 Å².